The van der Waals surface area contributed by atoms with Crippen LogP contribution in [0.2, 0.25) is 0 Å². The molecule has 1 aromatic carbocycles. The summed E-state index contributed by atoms with van der Waals surface area (Å²) in [6, 6.07) is 4.28. The molecular weight excluding hydrogens is 253 g/mol. The van der Waals surface area contributed by atoms with Gasteiger partial charge in [-0.1, -0.05) is 6.92 Å². The number of hydrogen-bond donors (Lipinski definition) is 1. The van der Waals surface area contributed by atoms with E-state index in [1.165, 1.54) is 6.07 Å². The Morgan fingerprint density at radius 1 is 1.32 bits per heavy atom. The van der Waals surface area contributed by atoms with Gasteiger partial charge in [-0.3, -0.25) is 0 Å². The van der Waals surface area contributed by atoms with Gasteiger partial charge in [0.15, 0.2) is 0 Å². The van der Waals surface area contributed by atoms with Crippen molar-refractivity contribution in [2.45, 2.75) is 44.8 Å². The minimum absolute atomic E-state index is 0.154. The lowest BCUT2D eigenvalue weighted by atomic mass is 9.97. The number of hydrogen-bond acceptors (Lipinski definition) is 2. The Morgan fingerprint density at radius 3 is 2.68 bits per heavy atom. The number of nitrogens with zero attached hydrogens (tertiary/aromatic N) is 1. The fourth-order valence-corrected chi connectivity index (χ4v) is 2.77. The molecule has 1 atom stereocenters. The van der Waals surface area contributed by atoms with Crippen LogP contribution in [0, 0.1) is 0 Å². The van der Waals surface area contributed by atoms with Gasteiger partial charge in [0.1, 0.15) is 0 Å². The number of alkyl halides is 3. The van der Waals surface area contributed by atoms with Gasteiger partial charge in [0, 0.05) is 24.0 Å². The molecular formula is C14H19F3N2. The molecule has 1 aliphatic heterocycles. The Morgan fingerprint density at radius 2 is 2.05 bits per heavy atom. The van der Waals surface area contributed by atoms with E-state index in [9.17, 15) is 13.2 Å². The van der Waals surface area contributed by atoms with Crippen molar-refractivity contribution in [2.75, 3.05) is 17.2 Å². The van der Waals surface area contributed by atoms with Crippen molar-refractivity contribution in [3.8, 4) is 0 Å². The summed E-state index contributed by atoms with van der Waals surface area (Å²) < 4.78 is 39.4. The number of anilines is 2. The van der Waals surface area contributed by atoms with Crippen LogP contribution >= 0.6 is 0 Å². The Hall–Kier alpha value is -1.39. The molecule has 0 saturated carbocycles. The van der Waals surface area contributed by atoms with Gasteiger partial charge in [-0.15, -0.1) is 0 Å². The van der Waals surface area contributed by atoms with Crippen LogP contribution in [-0.4, -0.2) is 12.6 Å². The standard InChI is InChI=1S/C14H19F3N2/c1-2-11-5-3-4-8-19(11)13-7-6-10(18)9-12(13)14(15,16)17/h6-7,9,11H,2-5,8,18H2,1H3/t11-/m1/s1. The first kappa shape index (κ1) is 14.0. The fraction of sp³-hybridized carbons (Fsp3) is 0.571. The van der Waals surface area contributed by atoms with Crippen molar-refractivity contribution < 1.29 is 13.2 Å². The second kappa shape index (κ2) is 5.31. The van der Waals surface area contributed by atoms with Crippen molar-refractivity contribution in [3.05, 3.63) is 23.8 Å². The number of piperidine rings is 1. The molecule has 0 unspecified atom stereocenters. The smallest absolute Gasteiger partial charge is 0.399 e. The highest BCUT2D eigenvalue weighted by Crippen LogP contribution is 2.40. The molecule has 0 aliphatic carbocycles. The molecule has 1 heterocycles. The lowest BCUT2D eigenvalue weighted by Gasteiger charge is -2.38. The van der Waals surface area contributed by atoms with Crippen LogP contribution in [0.1, 0.15) is 38.2 Å². The summed E-state index contributed by atoms with van der Waals surface area (Å²) in [7, 11) is 0. The van der Waals surface area contributed by atoms with E-state index >= 15 is 0 Å². The molecule has 1 fully saturated rings. The summed E-state index contributed by atoms with van der Waals surface area (Å²) in [6.07, 6.45) is -0.510. The van der Waals surface area contributed by atoms with E-state index in [-0.39, 0.29) is 17.4 Å². The maximum Gasteiger partial charge on any atom is 0.418 e. The number of benzene rings is 1. The number of nitrogens with two attached hydrogens (primary N) is 1. The zero-order valence-corrected chi connectivity index (χ0v) is 11.0. The van der Waals surface area contributed by atoms with Crippen LogP contribution in [0.4, 0.5) is 24.5 Å². The summed E-state index contributed by atoms with van der Waals surface area (Å²) >= 11 is 0. The quantitative estimate of drug-likeness (QED) is 0.823. The average molecular weight is 272 g/mol. The van der Waals surface area contributed by atoms with Crippen molar-refractivity contribution in [2.24, 2.45) is 0 Å². The molecule has 0 amide bonds. The molecule has 1 saturated heterocycles. The van der Waals surface area contributed by atoms with Crippen LogP contribution in [0.15, 0.2) is 18.2 Å². The molecule has 2 rings (SSSR count). The normalized spacial score (nSPS) is 20.6. The van der Waals surface area contributed by atoms with Gasteiger partial charge in [-0.05, 0) is 43.9 Å². The van der Waals surface area contributed by atoms with Gasteiger partial charge in [0.2, 0.25) is 0 Å². The van der Waals surface area contributed by atoms with Crippen molar-refractivity contribution >= 4 is 11.4 Å². The molecule has 106 valence electrons. The highest BCUT2D eigenvalue weighted by molar-refractivity contribution is 5.61. The highest BCUT2D eigenvalue weighted by Gasteiger charge is 2.36. The van der Waals surface area contributed by atoms with E-state index in [2.05, 4.69) is 0 Å². The first-order chi connectivity index (χ1) is 8.93. The molecule has 2 nitrogen and oxygen atoms in total. The zero-order valence-electron chi connectivity index (χ0n) is 11.0. The minimum atomic E-state index is -4.36. The van der Waals surface area contributed by atoms with Crippen LogP contribution in [-0.2, 0) is 6.18 Å². The second-order valence-electron chi connectivity index (χ2n) is 5.03. The Bertz CT molecular complexity index is 443. The van der Waals surface area contributed by atoms with Gasteiger partial charge in [0.05, 0.1) is 5.56 Å². The highest BCUT2D eigenvalue weighted by atomic mass is 19.4. The molecule has 0 radical (unpaired) electrons. The Kier molecular flexibility index (Phi) is 3.92. The molecule has 2 N–H and O–H groups in total. The predicted octanol–water partition coefficient (Wildman–Crippen LogP) is 4.06. The number of nitrogen functional groups attached to an aromatic ring is 1. The van der Waals surface area contributed by atoms with Gasteiger partial charge >= 0.3 is 6.18 Å². The second-order valence-corrected chi connectivity index (χ2v) is 5.03. The number of rotatable bonds is 2. The molecule has 19 heavy (non-hydrogen) atoms. The summed E-state index contributed by atoms with van der Waals surface area (Å²) in [5.74, 6) is 0. The lowest BCUT2D eigenvalue weighted by molar-refractivity contribution is -0.137. The monoisotopic (exact) mass is 272 g/mol. The van der Waals surface area contributed by atoms with Gasteiger partial charge in [-0.2, -0.15) is 13.2 Å². The average Bonchev–Trinajstić information content (AvgIpc) is 2.37. The van der Waals surface area contributed by atoms with E-state index < -0.39 is 11.7 Å². The predicted molar refractivity (Wildman–Crippen MR) is 71.1 cm³/mol. The van der Waals surface area contributed by atoms with Crippen LogP contribution in [0.25, 0.3) is 0 Å². The van der Waals surface area contributed by atoms with E-state index in [0.717, 1.165) is 31.7 Å². The number of halogens is 3. The largest absolute Gasteiger partial charge is 0.418 e. The molecule has 0 spiro atoms. The third-order valence-corrected chi connectivity index (χ3v) is 3.73. The maximum atomic E-state index is 13.1. The van der Waals surface area contributed by atoms with Crippen LogP contribution < -0.4 is 10.6 Å². The third kappa shape index (κ3) is 2.96. The first-order valence-electron chi connectivity index (χ1n) is 6.67. The Balaban J connectivity index is 2.43. The molecule has 1 aromatic rings. The lowest BCUT2D eigenvalue weighted by Crippen LogP contribution is -2.40. The SMILES string of the molecule is CC[C@@H]1CCCCN1c1ccc(N)cc1C(F)(F)F. The summed E-state index contributed by atoms with van der Waals surface area (Å²) in [6.45, 7) is 2.71. The summed E-state index contributed by atoms with van der Waals surface area (Å²) in [5, 5.41) is 0. The van der Waals surface area contributed by atoms with Gasteiger partial charge in [0.25, 0.3) is 0 Å². The first-order valence-corrected chi connectivity index (χ1v) is 6.67. The summed E-state index contributed by atoms with van der Waals surface area (Å²) in [5.41, 5.74) is 5.31. The molecule has 0 bridgehead atoms. The van der Waals surface area contributed by atoms with E-state index in [0.29, 0.717) is 6.54 Å². The topological polar surface area (TPSA) is 29.3 Å². The van der Waals surface area contributed by atoms with Gasteiger partial charge in [-0.25, -0.2) is 0 Å². The third-order valence-electron chi connectivity index (χ3n) is 3.73. The Labute approximate surface area is 111 Å². The van der Waals surface area contributed by atoms with Gasteiger partial charge < -0.3 is 10.6 Å². The zero-order chi connectivity index (χ0) is 14.0. The maximum absolute atomic E-state index is 13.1. The molecule has 1 aliphatic rings. The van der Waals surface area contributed by atoms with Crippen molar-refractivity contribution in [1.29, 1.82) is 0 Å². The summed E-state index contributed by atoms with van der Waals surface area (Å²) in [4.78, 5) is 1.89. The molecule has 5 heteroatoms. The minimum Gasteiger partial charge on any atom is -0.399 e. The van der Waals surface area contributed by atoms with E-state index in [1.807, 2.05) is 11.8 Å². The molecule has 0 aromatic heterocycles. The van der Waals surface area contributed by atoms with Crippen LogP contribution in [0.5, 0.6) is 0 Å². The van der Waals surface area contributed by atoms with Crippen molar-refractivity contribution in [3.63, 3.8) is 0 Å². The van der Waals surface area contributed by atoms with E-state index in [1.54, 1.807) is 6.07 Å². The fourth-order valence-electron chi connectivity index (χ4n) is 2.77. The van der Waals surface area contributed by atoms with E-state index in [4.69, 9.17) is 5.73 Å². The van der Waals surface area contributed by atoms with Crippen molar-refractivity contribution in [1.82, 2.24) is 0 Å². The van der Waals surface area contributed by atoms with Crippen LogP contribution in [0.3, 0.4) is 0 Å².